The van der Waals surface area contributed by atoms with E-state index in [9.17, 15) is 4.79 Å². The van der Waals surface area contributed by atoms with E-state index in [0.29, 0.717) is 21.5 Å². The largest absolute Gasteiger partial charge is 0.481 e. The van der Waals surface area contributed by atoms with Gasteiger partial charge in [0.25, 0.3) is 0 Å². The molecular weight excluding hydrogens is 278 g/mol. The summed E-state index contributed by atoms with van der Waals surface area (Å²) in [6.07, 6.45) is 0. The predicted molar refractivity (Wildman–Crippen MR) is 59.7 cm³/mol. The molecule has 1 aliphatic heterocycles. The molecule has 1 atom stereocenters. The van der Waals surface area contributed by atoms with E-state index in [-0.39, 0.29) is 13.3 Å². The van der Waals surface area contributed by atoms with E-state index in [0.717, 1.165) is 0 Å². The highest BCUT2D eigenvalue weighted by Crippen LogP contribution is 2.39. The van der Waals surface area contributed by atoms with E-state index in [4.69, 9.17) is 20.3 Å². The van der Waals surface area contributed by atoms with Crippen molar-refractivity contribution in [1.82, 2.24) is 0 Å². The highest BCUT2D eigenvalue weighted by molar-refractivity contribution is 9.10. The van der Waals surface area contributed by atoms with Gasteiger partial charge in [-0.3, -0.25) is 4.79 Å². The normalized spacial score (nSPS) is 14.9. The van der Waals surface area contributed by atoms with Crippen LogP contribution in [0.4, 0.5) is 0 Å². The molecule has 1 heterocycles. The zero-order chi connectivity index (χ0) is 11.7. The average Bonchev–Trinajstić information content (AvgIpc) is 2.65. The van der Waals surface area contributed by atoms with Crippen molar-refractivity contribution in [2.45, 2.75) is 5.92 Å². The van der Waals surface area contributed by atoms with Gasteiger partial charge in [-0.05, 0) is 17.7 Å². The van der Waals surface area contributed by atoms with Gasteiger partial charge in [-0.25, -0.2) is 0 Å². The number of fused-ring (bicyclic) bond motifs is 1. The Kier molecular flexibility index (Phi) is 3.02. The molecule has 1 aromatic rings. The molecule has 0 aromatic heterocycles. The number of carboxylic acids is 1. The third kappa shape index (κ3) is 1.85. The van der Waals surface area contributed by atoms with Crippen molar-refractivity contribution in [1.29, 1.82) is 0 Å². The lowest BCUT2D eigenvalue weighted by Gasteiger charge is -2.12. The number of nitrogens with two attached hydrogens (primary N) is 1. The Morgan fingerprint density at radius 3 is 2.69 bits per heavy atom. The summed E-state index contributed by atoms with van der Waals surface area (Å²) >= 11 is 3.31. The summed E-state index contributed by atoms with van der Waals surface area (Å²) < 4.78 is 11.0. The topological polar surface area (TPSA) is 81.8 Å². The van der Waals surface area contributed by atoms with Gasteiger partial charge in [0, 0.05) is 11.0 Å². The Bertz CT molecular complexity index is 435. The first-order valence-corrected chi connectivity index (χ1v) is 5.44. The van der Waals surface area contributed by atoms with Crippen LogP contribution in [0.25, 0.3) is 0 Å². The highest BCUT2D eigenvalue weighted by Gasteiger charge is 2.24. The minimum Gasteiger partial charge on any atom is -0.481 e. The van der Waals surface area contributed by atoms with Crippen LogP contribution in [-0.2, 0) is 4.79 Å². The number of halogens is 1. The van der Waals surface area contributed by atoms with Crippen molar-refractivity contribution < 1.29 is 19.4 Å². The molecule has 3 N–H and O–H groups in total. The smallest absolute Gasteiger partial charge is 0.312 e. The zero-order valence-electron chi connectivity index (χ0n) is 8.27. The number of aliphatic carboxylic acids is 1. The number of rotatable bonds is 3. The van der Waals surface area contributed by atoms with Crippen molar-refractivity contribution >= 4 is 21.9 Å². The molecular formula is C10H10BrNO4. The van der Waals surface area contributed by atoms with Gasteiger partial charge in [0.15, 0.2) is 11.5 Å². The van der Waals surface area contributed by atoms with Crippen molar-refractivity contribution in [3.05, 3.63) is 22.2 Å². The summed E-state index contributed by atoms with van der Waals surface area (Å²) in [5, 5.41) is 9.03. The van der Waals surface area contributed by atoms with Crippen molar-refractivity contribution in [3.63, 3.8) is 0 Å². The zero-order valence-corrected chi connectivity index (χ0v) is 9.86. The van der Waals surface area contributed by atoms with Crippen LogP contribution < -0.4 is 15.2 Å². The lowest BCUT2D eigenvalue weighted by molar-refractivity contribution is -0.138. The highest BCUT2D eigenvalue weighted by atomic mass is 79.9. The van der Waals surface area contributed by atoms with E-state index in [1.165, 1.54) is 0 Å². The SMILES string of the molecule is NCC(C(=O)O)c1cc2c(cc1Br)OCO2. The molecule has 6 heteroatoms. The van der Waals surface area contributed by atoms with Crippen LogP contribution >= 0.6 is 15.9 Å². The molecule has 5 nitrogen and oxygen atoms in total. The number of hydrogen-bond acceptors (Lipinski definition) is 4. The number of carbonyl (C=O) groups is 1. The van der Waals surface area contributed by atoms with E-state index in [2.05, 4.69) is 15.9 Å². The second-order valence-electron chi connectivity index (χ2n) is 3.35. The molecule has 0 spiro atoms. The second kappa shape index (κ2) is 4.31. The first-order chi connectivity index (χ1) is 7.63. The molecule has 0 bridgehead atoms. The monoisotopic (exact) mass is 287 g/mol. The maximum Gasteiger partial charge on any atom is 0.312 e. The van der Waals surface area contributed by atoms with Crippen molar-refractivity contribution in [2.75, 3.05) is 13.3 Å². The maximum absolute atomic E-state index is 11.0. The second-order valence-corrected chi connectivity index (χ2v) is 4.21. The number of carboxylic acid groups (broad SMARTS) is 1. The van der Waals surface area contributed by atoms with Crippen LogP contribution in [0.2, 0.25) is 0 Å². The van der Waals surface area contributed by atoms with Gasteiger partial charge in [-0.15, -0.1) is 0 Å². The van der Waals surface area contributed by atoms with E-state index < -0.39 is 11.9 Å². The van der Waals surface area contributed by atoms with Gasteiger partial charge in [-0.2, -0.15) is 0 Å². The molecule has 1 aromatic carbocycles. The lowest BCUT2D eigenvalue weighted by atomic mass is 9.99. The minimum atomic E-state index is -0.956. The van der Waals surface area contributed by atoms with Crippen LogP contribution in [0.1, 0.15) is 11.5 Å². The molecule has 0 saturated carbocycles. The maximum atomic E-state index is 11.0. The van der Waals surface area contributed by atoms with Crippen molar-refractivity contribution in [3.8, 4) is 11.5 Å². The molecule has 0 saturated heterocycles. The molecule has 1 unspecified atom stereocenters. The molecule has 0 radical (unpaired) electrons. The summed E-state index contributed by atoms with van der Waals surface area (Å²) in [6, 6.07) is 3.35. The minimum absolute atomic E-state index is 0.0353. The standard InChI is InChI=1S/C10H10BrNO4/c11-7-2-9-8(15-4-16-9)1-5(7)6(3-12)10(13)14/h1-2,6H,3-4,12H2,(H,13,14). The lowest BCUT2D eigenvalue weighted by Crippen LogP contribution is -2.21. The summed E-state index contributed by atoms with van der Waals surface area (Å²) in [4.78, 5) is 11.0. The summed E-state index contributed by atoms with van der Waals surface area (Å²) in [5.74, 6) is -0.541. The van der Waals surface area contributed by atoms with Gasteiger partial charge < -0.3 is 20.3 Å². The number of benzene rings is 1. The molecule has 0 aliphatic carbocycles. The van der Waals surface area contributed by atoms with E-state index in [1.54, 1.807) is 12.1 Å². The number of hydrogen-bond donors (Lipinski definition) is 2. The van der Waals surface area contributed by atoms with Crippen LogP contribution in [0.3, 0.4) is 0 Å². The van der Waals surface area contributed by atoms with Gasteiger partial charge in [-0.1, -0.05) is 15.9 Å². The average molecular weight is 288 g/mol. The fraction of sp³-hybridized carbons (Fsp3) is 0.300. The van der Waals surface area contributed by atoms with Gasteiger partial charge in [0.2, 0.25) is 6.79 Å². The Morgan fingerprint density at radius 2 is 2.12 bits per heavy atom. The van der Waals surface area contributed by atoms with Crippen LogP contribution in [0, 0.1) is 0 Å². The summed E-state index contributed by atoms with van der Waals surface area (Å²) in [7, 11) is 0. The molecule has 0 fully saturated rings. The van der Waals surface area contributed by atoms with Gasteiger partial charge >= 0.3 is 5.97 Å². The Hall–Kier alpha value is -1.27. The third-order valence-electron chi connectivity index (χ3n) is 2.40. The third-order valence-corrected chi connectivity index (χ3v) is 3.09. The number of ether oxygens (including phenoxy) is 2. The van der Waals surface area contributed by atoms with Gasteiger partial charge in [0.1, 0.15) is 0 Å². The Balaban J connectivity index is 2.44. The molecule has 0 amide bonds. The first kappa shape index (κ1) is 11.2. The van der Waals surface area contributed by atoms with Crippen LogP contribution in [-0.4, -0.2) is 24.4 Å². The molecule has 2 rings (SSSR count). The first-order valence-electron chi connectivity index (χ1n) is 4.65. The molecule has 16 heavy (non-hydrogen) atoms. The summed E-state index contributed by atoms with van der Waals surface area (Å²) in [6.45, 7) is 0.194. The van der Waals surface area contributed by atoms with Crippen molar-refractivity contribution in [2.24, 2.45) is 5.73 Å². The van der Waals surface area contributed by atoms with E-state index >= 15 is 0 Å². The van der Waals surface area contributed by atoms with Gasteiger partial charge in [0.05, 0.1) is 5.92 Å². The van der Waals surface area contributed by atoms with Crippen LogP contribution in [0.5, 0.6) is 11.5 Å². The van der Waals surface area contributed by atoms with E-state index in [1.807, 2.05) is 0 Å². The Morgan fingerprint density at radius 1 is 1.50 bits per heavy atom. The Labute approximate surface area is 100 Å². The van der Waals surface area contributed by atoms with Crippen LogP contribution in [0.15, 0.2) is 16.6 Å². The quantitative estimate of drug-likeness (QED) is 0.876. The fourth-order valence-electron chi connectivity index (χ4n) is 1.56. The summed E-state index contributed by atoms with van der Waals surface area (Å²) in [5.41, 5.74) is 6.04. The molecule has 1 aliphatic rings. The fourth-order valence-corrected chi connectivity index (χ4v) is 2.16. The molecule has 86 valence electrons. The predicted octanol–water partition coefficient (Wildman–Crippen LogP) is 1.30.